The van der Waals surface area contributed by atoms with E-state index in [1.165, 1.54) is 31.1 Å². The van der Waals surface area contributed by atoms with Gasteiger partial charge in [-0.25, -0.2) is 9.78 Å². The summed E-state index contributed by atoms with van der Waals surface area (Å²) in [7, 11) is 0. The Morgan fingerprint density at radius 2 is 1.93 bits per heavy atom. The number of hydrogen-bond donors (Lipinski definition) is 1. The Morgan fingerprint density at radius 1 is 1.24 bits per heavy atom. The average molecular weight is 428 g/mol. The van der Waals surface area contributed by atoms with Gasteiger partial charge in [-0.05, 0) is 31.1 Å². The minimum atomic E-state index is -0.475. The molecule has 1 aromatic heterocycles. The predicted molar refractivity (Wildman–Crippen MR) is 117 cm³/mol. The molecule has 0 saturated carbocycles. The first-order chi connectivity index (χ1) is 13.6. The normalized spacial score (nSPS) is 15.6. The van der Waals surface area contributed by atoms with E-state index in [1.807, 2.05) is 6.92 Å². The standard InChI is InChI=1S/C14H21N3O4S.C7H16/c1-3-6-17(14(19)21-8-20-9(2)18)10-4-5-11-12(7-10)22-13(15)16-11;1-5-6-7(2,3)4/h10H,3-8H2,1-2H3,(H2,15,16);5-6H2,1-4H3. The van der Waals surface area contributed by atoms with Crippen LogP contribution in [0.5, 0.6) is 0 Å². The van der Waals surface area contributed by atoms with Gasteiger partial charge in [0.15, 0.2) is 5.13 Å². The van der Waals surface area contributed by atoms with Crippen molar-refractivity contribution >= 4 is 28.5 Å². The number of thiazole rings is 1. The van der Waals surface area contributed by atoms with Crippen molar-refractivity contribution in [3.8, 4) is 0 Å². The van der Waals surface area contributed by atoms with Crippen molar-refractivity contribution in [2.24, 2.45) is 5.41 Å². The molecule has 166 valence electrons. The van der Waals surface area contributed by atoms with Gasteiger partial charge in [0.25, 0.3) is 0 Å². The largest absolute Gasteiger partial charge is 0.428 e. The fourth-order valence-electron chi connectivity index (χ4n) is 3.30. The summed E-state index contributed by atoms with van der Waals surface area (Å²) in [5.74, 6) is -0.475. The van der Waals surface area contributed by atoms with Gasteiger partial charge in [0, 0.05) is 30.8 Å². The van der Waals surface area contributed by atoms with E-state index in [-0.39, 0.29) is 12.8 Å². The van der Waals surface area contributed by atoms with Crippen molar-refractivity contribution in [3.05, 3.63) is 10.6 Å². The number of aromatic nitrogens is 1. The molecule has 0 saturated heterocycles. The van der Waals surface area contributed by atoms with Gasteiger partial charge in [-0.3, -0.25) is 4.79 Å². The van der Waals surface area contributed by atoms with Gasteiger partial charge >= 0.3 is 12.1 Å². The van der Waals surface area contributed by atoms with Gasteiger partial charge in [-0.15, -0.1) is 11.3 Å². The average Bonchev–Trinajstić information content (AvgIpc) is 2.97. The summed E-state index contributed by atoms with van der Waals surface area (Å²) in [6.07, 6.45) is 5.42. The molecule has 0 aliphatic heterocycles. The van der Waals surface area contributed by atoms with Crippen molar-refractivity contribution in [1.82, 2.24) is 9.88 Å². The molecule has 1 heterocycles. The highest BCUT2D eigenvalue weighted by Gasteiger charge is 2.30. The van der Waals surface area contributed by atoms with Crippen molar-refractivity contribution in [2.45, 2.75) is 86.1 Å². The lowest BCUT2D eigenvalue weighted by molar-refractivity contribution is -0.149. The summed E-state index contributed by atoms with van der Waals surface area (Å²) in [6, 6.07) is 0.0668. The molecule has 1 atom stereocenters. The Labute approximate surface area is 179 Å². The van der Waals surface area contributed by atoms with E-state index in [0.717, 1.165) is 36.3 Å². The molecular formula is C21H37N3O4S. The van der Waals surface area contributed by atoms with Crippen LogP contribution >= 0.6 is 11.3 Å². The van der Waals surface area contributed by atoms with E-state index in [9.17, 15) is 9.59 Å². The fraction of sp³-hybridized carbons (Fsp3) is 0.762. The number of amides is 1. The van der Waals surface area contributed by atoms with E-state index in [4.69, 9.17) is 10.5 Å². The molecule has 0 aromatic carbocycles. The van der Waals surface area contributed by atoms with E-state index < -0.39 is 12.1 Å². The Balaban J connectivity index is 0.000000516. The number of esters is 1. The van der Waals surface area contributed by atoms with Crippen molar-refractivity contribution in [1.29, 1.82) is 0 Å². The highest BCUT2D eigenvalue weighted by molar-refractivity contribution is 7.15. The lowest BCUT2D eigenvalue weighted by Gasteiger charge is -2.32. The zero-order chi connectivity index (χ0) is 22.0. The Hall–Kier alpha value is -1.83. The Kier molecular flexibility index (Phi) is 10.4. The molecule has 2 rings (SSSR count). The van der Waals surface area contributed by atoms with Gasteiger partial charge in [-0.2, -0.15) is 0 Å². The molecule has 0 fully saturated rings. The maximum Gasteiger partial charge on any atom is 0.412 e. The molecule has 1 aromatic rings. The van der Waals surface area contributed by atoms with Crippen LogP contribution in [0.1, 0.15) is 77.8 Å². The summed E-state index contributed by atoms with van der Waals surface area (Å²) in [4.78, 5) is 30.1. The molecule has 2 N–H and O–H groups in total. The van der Waals surface area contributed by atoms with E-state index in [1.54, 1.807) is 4.90 Å². The number of nitrogen functional groups attached to an aromatic ring is 1. The molecule has 0 radical (unpaired) electrons. The highest BCUT2D eigenvalue weighted by Crippen LogP contribution is 2.30. The number of nitrogens with zero attached hydrogens (tertiary/aromatic N) is 2. The molecule has 1 amide bonds. The number of aryl methyl sites for hydroxylation is 1. The number of hydrogen-bond acceptors (Lipinski definition) is 7. The molecular weight excluding hydrogens is 390 g/mol. The maximum atomic E-state index is 12.2. The maximum absolute atomic E-state index is 12.2. The number of fused-ring (bicyclic) bond motifs is 1. The zero-order valence-corrected chi connectivity index (χ0v) is 19.6. The molecule has 1 aliphatic rings. The number of rotatable bonds is 6. The van der Waals surface area contributed by atoms with Gasteiger partial charge < -0.3 is 20.1 Å². The van der Waals surface area contributed by atoms with Crippen LogP contribution < -0.4 is 5.73 Å². The van der Waals surface area contributed by atoms with Crippen LogP contribution in [0.15, 0.2) is 0 Å². The Morgan fingerprint density at radius 3 is 2.45 bits per heavy atom. The minimum Gasteiger partial charge on any atom is -0.428 e. The molecule has 7 nitrogen and oxygen atoms in total. The molecule has 1 unspecified atom stereocenters. The Bertz CT molecular complexity index is 655. The lowest BCUT2D eigenvalue weighted by atomic mass is 9.91. The third kappa shape index (κ3) is 9.47. The first-order valence-electron chi connectivity index (χ1n) is 10.4. The quantitative estimate of drug-likeness (QED) is 0.518. The topological polar surface area (TPSA) is 94.8 Å². The van der Waals surface area contributed by atoms with Crippen LogP contribution in [0.4, 0.5) is 9.93 Å². The van der Waals surface area contributed by atoms with E-state index >= 15 is 0 Å². The molecule has 0 bridgehead atoms. The molecule has 1 aliphatic carbocycles. The van der Waals surface area contributed by atoms with Crippen LogP contribution in [0.3, 0.4) is 0 Å². The third-order valence-corrected chi connectivity index (χ3v) is 5.46. The van der Waals surface area contributed by atoms with Gasteiger partial charge in [-0.1, -0.05) is 41.0 Å². The fourth-order valence-corrected chi connectivity index (χ4v) is 4.25. The SMILES string of the molecule is CCCC(C)(C)C.CCCN(C(=O)OCOC(C)=O)C1CCc2nc(N)sc2C1. The van der Waals surface area contributed by atoms with Crippen LogP contribution in [0, 0.1) is 5.41 Å². The summed E-state index contributed by atoms with van der Waals surface area (Å²) >= 11 is 1.48. The summed E-state index contributed by atoms with van der Waals surface area (Å²) in [5.41, 5.74) is 7.34. The number of carbonyl (C=O) groups excluding carboxylic acids is 2. The first-order valence-corrected chi connectivity index (χ1v) is 11.2. The molecule has 29 heavy (non-hydrogen) atoms. The highest BCUT2D eigenvalue weighted by atomic mass is 32.1. The van der Waals surface area contributed by atoms with Crippen molar-refractivity contribution in [2.75, 3.05) is 19.1 Å². The first kappa shape index (κ1) is 25.2. The predicted octanol–water partition coefficient (Wildman–Crippen LogP) is 4.78. The van der Waals surface area contributed by atoms with Crippen LogP contribution in [0.2, 0.25) is 0 Å². The number of carbonyl (C=O) groups is 2. The van der Waals surface area contributed by atoms with Crippen molar-refractivity contribution < 1.29 is 19.1 Å². The summed E-state index contributed by atoms with van der Waals surface area (Å²) < 4.78 is 9.68. The van der Waals surface area contributed by atoms with E-state index in [0.29, 0.717) is 17.1 Å². The van der Waals surface area contributed by atoms with Crippen LogP contribution in [-0.4, -0.2) is 41.3 Å². The van der Waals surface area contributed by atoms with E-state index in [2.05, 4.69) is 37.4 Å². The second-order valence-electron chi connectivity index (χ2n) is 8.49. The monoisotopic (exact) mass is 427 g/mol. The second-order valence-corrected chi connectivity index (χ2v) is 9.60. The second kappa shape index (κ2) is 12.0. The zero-order valence-electron chi connectivity index (χ0n) is 18.7. The van der Waals surface area contributed by atoms with Gasteiger partial charge in [0.2, 0.25) is 6.79 Å². The lowest BCUT2D eigenvalue weighted by Crippen LogP contribution is -2.44. The van der Waals surface area contributed by atoms with Gasteiger partial charge in [0.1, 0.15) is 0 Å². The summed E-state index contributed by atoms with van der Waals surface area (Å²) in [5, 5.41) is 0.574. The number of ether oxygens (including phenoxy) is 2. The van der Waals surface area contributed by atoms with Gasteiger partial charge in [0.05, 0.1) is 5.69 Å². The third-order valence-electron chi connectivity index (χ3n) is 4.51. The number of anilines is 1. The number of nitrogens with two attached hydrogens (primary N) is 1. The summed E-state index contributed by atoms with van der Waals surface area (Å²) in [6.45, 7) is 12.6. The minimum absolute atomic E-state index is 0.0668. The molecule has 8 heteroatoms. The smallest absolute Gasteiger partial charge is 0.412 e. The van der Waals surface area contributed by atoms with Crippen LogP contribution in [-0.2, 0) is 27.1 Å². The van der Waals surface area contributed by atoms with Crippen molar-refractivity contribution in [3.63, 3.8) is 0 Å². The molecule has 0 spiro atoms. The van der Waals surface area contributed by atoms with Crippen LogP contribution in [0.25, 0.3) is 0 Å².